The van der Waals surface area contributed by atoms with Crippen LogP contribution >= 0.6 is 0 Å². The summed E-state index contributed by atoms with van der Waals surface area (Å²) in [5.74, 6) is 0.296. The Bertz CT molecular complexity index is 727. The van der Waals surface area contributed by atoms with E-state index in [0.29, 0.717) is 6.42 Å². The predicted octanol–water partition coefficient (Wildman–Crippen LogP) is 2.47. The SMILES string of the molecule is CC(C)C(=O)N1CCC(NC(=O)Cc2c[nH]c3ccccc23)CC1. The summed E-state index contributed by atoms with van der Waals surface area (Å²) in [7, 11) is 0. The first-order valence-corrected chi connectivity index (χ1v) is 8.67. The molecule has 0 atom stereocenters. The van der Waals surface area contributed by atoms with Crippen molar-refractivity contribution in [1.82, 2.24) is 15.2 Å². The minimum atomic E-state index is 0.0398. The Morgan fingerprint density at radius 1 is 1.25 bits per heavy atom. The van der Waals surface area contributed by atoms with Crippen molar-refractivity contribution in [2.24, 2.45) is 5.92 Å². The summed E-state index contributed by atoms with van der Waals surface area (Å²) >= 11 is 0. The van der Waals surface area contributed by atoms with Crippen LogP contribution in [0.4, 0.5) is 0 Å². The number of fused-ring (bicyclic) bond motifs is 1. The lowest BCUT2D eigenvalue weighted by Crippen LogP contribution is -2.47. The van der Waals surface area contributed by atoms with Crippen LogP contribution in [0.25, 0.3) is 10.9 Å². The molecule has 0 saturated carbocycles. The zero-order valence-corrected chi connectivity index (χ0v) is 14.3. The second-order valence-electron chi connectivity index (χ2n) is 6.86. The summed E-state index contributed by atoms with van der Waals surface area (Å²) in [4.78, 5) is 29.4. The number of benzene rings is 1. The molecule has 0 aliphatic carbocycles. The highest BCUT2D eigenvalue weighted by atomic mass is 16.2. The van der Waals surface area contributed by atoms with Gasteiger partial charge >= 0.3 is 0 Å². The van der Waals surface area contributed by atoms with E-state index >= 15 is 0 Å². The predicted molar refractivity (Wildman–Crippen MR) is 94.6 cm³/mol. The maximum atomic E-state index is 12.3. The third-order valence-corrected chi connectivity index (χ3v) is 4.69. The van der Waals surface area contributed by atoms with Crippen LogP contribution < -0.4 is 5.32 Å². The van der Waals surface area contributed by atoms with Crippen molar-refractivity contribution < 1.29 is 9.59 Å². The number of H-pyrrole nitrogens is 1. The number of hydrogen-bond donors (Lipinski definition) is 2. The molecule has 2 heterocycles. The van der Waals surface area contributed by atoms with E-state index in [0.717, 1.165) is 42.4 Å². The van der Waals surface area contributed by atoms with E-state index in [1.165, 1.54) is 0 Å². The molecule has 0 spiro atoms. The van der Waals surface area contributed by atoms with Crippen LogP contribution in [0, 0.1) is 5.92 Å². The highest BCUT2D eigenvalue weighted by molar-refractivity contribution is 5.89. The fourth-order valence-electron chi connectivity index (χ4n) is 3.34. The lowest BCUT2D eigenvalue weighted by atomic mass is 10.0. The van der Waals surface area contributed by atoms with E-state index in [4.69, 9.17) is 0 Å². The molecule has 3 rings (SSSR count). The number of rotatable bonds is 4. The molecule has 0 unspecified atom stereocenters. The molecule has 1 aromatic carbocycles. The van der Waals surface area contributed by atoms with Gasteiger partial charge in [0.25, 0.3) is 0 Å². The van der Waals surface area contributed by atoms with E-state index in [-0.39, 0.29) is 23.8 Å². The second-order valence-corrected chi connectivity index (χ2v) is 6.86. The number of hydrogen-bond acceptors (Lipinski definition) is 2. The van der Waals surface area contributed by atoms with Crippen molar-refractivity contribution >= 4 is 22.7 Å². The average Bonchev–Trinajstić information content (AvgIpc) is 2.98. The minimum absolute atomic E-state index is 0.0398. The van der Waals surface area contributed by atoms with Crippen LogP contribution in [0.15, 0.2) is 30.5 Å². The van der Waals surface area contributed by atoms with Gasteiger partial charge in [-0.15, -0.1) is 0 Å². The van der Waals surface area contributed by atoms with E-state index in [2.05, 4.69) is 10.3 Å². The average molecular weight is 327 g/mol. The van der Waals surface area contributed by atoms with Crippen LogP contribution in [0.5, 0.6) is 0 Å². The lowest BCUT2D eigenvalue weighted by molar-refractivity contribution is -0.135. The second kappa shape index (κ2) is 7.07. The van der Waals surface area contributed by atoms with Gasteiger partial charge in [-0.25, -0.2) is 0 Å². The van der Waals surface area contributed by atoms with E-state index < -0.39 is 0 Å². The third kappa shape index (κ3) is 3.61. The molecule has 0 radical (unpaired) electrons. The Kier molecular flexibility index (Phi) is 4.88. The van der Waals surface area contributed by atoms with Gasteiger partial charge in [0.2, 0.25) is 11.8 Å². The molecule has 5 nitrogen and oxygen atoms in total. The van der Waals surface area contributed by atoms with E-state index in [1.807, 2.05) is 49.2 Å². The van der Waals surface area contributed by atoms with Gasteiger partial charge in [-0.2, -0.15) is 0 Å². The Morgan fingerprint density at radius 2 is 1.96 bits per heavy atom. The molecule has 1 aliphatic rings. The van der Waals surface area contributed by atoms with Crippen LogP contribution in [0.2, 0.25) is 0 Å². The number of aromatic amines is 1. The number of aromatic nitrogens is 1. The summed E-state index contributed by atoms with van der Waals surface area (Å²) in [6.07, 6.45) is 3.96. The number of piperidine rings is 1. The molecule has 24 heavy (non-hydrogen) atoms. The summed E-state index contributed by atoms with van der Waals surface area (Å²) in [5, 5.41) is 4.22. The standard InChI is InChI=1S/C19H25N3O2/c1-13(2)19(24)22-9-7-15(8-10-22)21-18(23)11-14-12-20-17-6-4-3-5-16(14)17/h3-6,12-13,15,20H,7-11H2,1-2H3,(H,21,23). The smallest absolute Gasteiger partial charge is 0.225 e. The van der Waals surface area contributed by atoms with E-state index in [9.17, 15) is 9.59 Å². The van der Waals surface area contributed by atoms with Crippen LogP contribution in [0.3, 0.4) is 0 Å². The van der Waals surface area contributed by atoms with Crippen molar-refractivity contribution in [3.63, 3.8) is 0 Å². The Hall–Kier alpha value is -2.30. The zero-order chi connectivity index (χ0) is 17.1. The van der Waals surface area contributed by atoms with Crippen molar-refractivity contribution in [2.75, 3.05) is 13.1 Å². The van der Waals surface area contributed by atoms with Gasteiger partial charge in [0.15, 0.2) is 0 Å². The fourth-order valence-corrected chi connectivity index (χ4v) is 3.34. The van der Waals surface area contributed by atoms with Gasteiger partial charge in [-0.05, 0) is 24.5 Å². The van der Waals surface area contributed by atoms with Gasteiger partial charge in [0, 0.05) is 42.1 Å². The van der Waals surface area contributed by atoms with Crippen molar-refractivity contribution in [3.05, 3.63) is 36.0 Å². The molecule has 2 amide bonds. The molecular weight excluding hydrogens is 302 g/mol. The Morgan fingerprint density at radius 3 is 2.67 bits per heavy atom. The molecular formula is C19H25N3O2. The number of carbonyl (C=O) groups is 2. The Labute approximate surface area is 142 Å². The van der Waals surface area contributed by atoms with Crippen molar-refractivity contribution in [3.8, 4) is 0 Å². The maximum Gasteiger partial charge on any atom is 0.225 e. The molecule has 2 N–H and O–H groups in total. The third-order valence-electron chi connectivity index (χ3n) is 4.69. The van der Waals surface area contributed by atoms with Crippen LogP contribution in [-0.4, -0.2) is 40.8 Å². The molecule has 2 aromatic rings. The normalized spacial score (nSPS) is 15.9. The molecule has 5 heteroatoms. The lowest BCUT2D eigenvalue weighted by Gasteiger charge is -2.33. The van der Waals surface area contributed by atoms with Gasteiger partial charge < -0.3 is 15.2 Å². The number of nitrogens with zero attached hydrogens (tertiary/aromatic N) is 1. The van der Waals surface area contributed by atoms with Crippen molar-refractivity contribution in [1.29, 1.82) is 0 Å². The molecule has 1 aromatic heterocycles. The maximum absolute atomic E-state index is 12.3. The summed E-state index contributed by atoms with van der Waals surface area (Å²) in [6.45, 7) is 5.32. The van der Waals surface area contributed by atoms with Gasteiger partial charge in [-0.3, -0.25) is 9.59 Å². The quantitative estimate of drug-likeness (QED) is 0.906. The van der Waals surface area contributed by atoms with Gasteiger partial charge in [0.05, 0.1) is 6.42 Å². The number of carbonyl (C=O) groups excluding carboxylic acids is 2. The minimum Gasteiger partial charge on any atom is -0.361 e. The molecule has 1 aliphatic heterocycles. The highest BCUT2D eigenvalue weighted by Gasteiger charge is 2.25. The monoisotopic (exact) mass is 327 g/mol. The first-order chi connectivity index (χ1) is 11.5. The molecule has 0 bridgehead atoms. The number of likely N-dealkylation sites (tertiary alicyclic amines) is 1. The summed E-state index contributed by atoms with van der Waals surface area (Å²) < 4.78 is 0. The molecule has 1 saturated heterocycles. The largest absolute Gasteiger partial charge is 0.361 e. The number of para-hydroxylation sites is 1. The molecule has 128 valence electrons. The van der Waals surface area contributed by atoms with Crippen molar-refractivity contribution in [2.45, 2.75) is 39.2 Å². The topological polar surface area (TPSA) is 65.2 Å². The fraction of sp³-hybridized carbons (Fsp3) is 0.474. The number of amides is 2. The molecule has 1 fully saturated rings. The van der Waals surface area contributed by atoms with Gasteiger partial charge in [-0.1, -0.05) is 32.0 Å². The Balaban J connectivity index is 1.52. The van der Waals surface area contributed by atoms with Crippen LogP contribution in [-0.2, 0) is 16.0 Å². The summed E-state index contributed by atoms with van der Waals surface area (Å²) in [5.41, 5.74) is 2.08. The summed E-state index contributed by atoms with van der Waals surface area (Å²) in [6, 6.07) is 8.18. The highest BCUT2D eigenvalue weighted by Crippen LogP contribution is 2.18. The first-order valence-electron chi connectivity index (χ1n) is 8.67. The van der Waals surface area contributed by atoms with Crippen LogP contribution in [0.1, 0.15) is 32.3 Å². The number of nitrogens with one attached hydrogen (secondary N) is 2. The van der Waals surface area contributed by atoms with Gasteiger partial charge in [0.1, 0.15) is 0 Å². The van der Waals surface area contributed by atoms with E-state index in [1.54, 1.807) is 0 Å². The zero-order valence-electron chi connectivity index (χ0n) is 14.3. The first kappa shape index (κ1) is 16.6.